The molecule has 76 valence electrons. The second-order valence-electron chi connectivity index (χ2n) is 3.31. The van der Waals surface area contributed by atoms with E-state index in [1.807, 2.05) is 29.9 Å². The number of aromatic nitrogens is 1. The SMILES string of the molecule is Cn1cccc1-c1ccc([N+](=O)[O-])cc1. The lowest BCUT2D eigenvalue weighted by atomic mass is 10.1. The number of hydrogen-bond donors (Lipinski definition) is 0. The van der Waals surface area contributed by atoms with Crippen LogP contribution < -0.4 is 0 Å². The van der Waals surface area contributed by atoms with Gasteiger partial charge in [-0.1, -0.05) is 0 Å². The topological polar surface area (TPSA) is 48.1 Å². The fourth-order valence-electron chi connectivity index (χ4n) is 1.51. The molecule has 1 heterocycles. The van der Waals surface area contributed by atoms with Gasteiger partial charge in [-0.2, -0.15) is 0 Å². The second-order valence-corrected chi connectivity index (χ2v) is 3.31. The molecule has 0 aliphatic rings. The quantitative estimate of drug-likeness (QED) is 0.555. The summed E-state index contributed by atoms with van der Waals surface area (Å²) in [6.07, 6.45) is 1.94. The van der Waals surface area contributed by atoms with Crippen molar-refractivity contribution in [2.75, 3.05) is 0 Å². The number of benzene rings is 1. The van der Waals surface area contributed by atoms with Gasteiger partial charge in [0.15, 0.2) is 0 Å². The van der Waals surface area contributed by atoms with Crippen LogP contribution >= 0.6 is 0 Å². The summed E-state index contributed by atoms with van der Waals surface area (Å²) in [5, 5.41) is 10.5. The summed E-state index contributed by atoms with van der Waals surface area (Å²) in [5.74, 6) is 0. The Kier molecular flexibility index (Phi) is 2.25. The lowest BCUT2D eigenvalue weighted by molar-refractivity contribution is -0.384. The Hall–Kier alpha value is -2.10. The van der Waals surface area contributed by atoms with Crippen molar-refractivity contribution in [1.29, 1.82) is 0 Å². The smallest absolute Gasteiger partial charge is 0.269 e. The summed E-state index contributed by atoms with van der Waals surface area (Å²) in [6, 6.07) is 10.5. The van der Waals surface area contributed by atoms with Crippen molar-refractivity contribution >= 4 is 5.69 Å². The predicted octanol–water partition coefficient (Wildman–Crippen LogP) is 2.60. The van der Waals surface area contributed by atoms with Crippen LogP contribution in [0.5, 0.6) is 0 Å². The van der Waals surface area contributed by atoms with E-state index < -0.39 is 4.92 Å². The van der Waals surface area contributed by atoms with E-state index in [0.29, 0.717) is 0 Å². The third kappa shape index (κ3) is 1.74. The molecule has 0 unspecified atom stereocenters. The van der Waals surface area contributed by atoms with Gasteiger partial charge in [-0.05, 0) is 29.8 Å². The molecule has 1 aromatic heterocycles. The number of non-ortho nitro benzene ring substituents is 1. The van der Waals surface area contributed by atoms with E-state index >= 15 is 0 Å². The van der Waals surface area contributed by atoms with Gasteiger partial charge in [0.1, 0.15) is 0 Å². The molecule has 15 heavy (non-hydrogen) atoms. The molecule has 2 aromatic rings. The summed E-state index contributed by atoms with van der Waals surface area (Å²) in [4.78, 5) is 10.1. The molecule has 0 bridgehead atoms. The molecule has 0 radical (unpaired) electrons. The zero-order valence-electron chi connectivity index (χ0n) is 8.25. The number of aryl methyl sites for hydroxylation is 1. The van der Waals surface area contributed by atoms with Crippen LogP contribution in [-0.2, 0) is 7.05 Å². The first kappa shape index (κ1) is 9.45. The normalized spacial score (nSPS) is 10.2. The van der Waals surface area contributed by atoms with E-state index in [4.69, 9.17) is 0 Å². The summed E-state index contributed by atoms with van der Waals surface area (Å²) in [5.41, 5.74) is 2.14. The lowest BCUT2D eigenvalue weighted by Gasteiger charge is -2.02. The molecule has 0 amide bonds. The third-order valence-electron chi connectivity index (χ3n) is 2.32. The highest BCUT2D eigenvalue weighted by molar-refractivity contribution is 5.61. The number of hydrogen-bond acceptors (Lipinski definition) is 2. The van der Waals surface area contributed by atoms with Gasteiger partial charge in [-0.15, -0.1) is 0 Å². The fourth-order valence-corrected chi connectivity index (χ4v) is 1.51. The number of nitro groups is 1. The van der Waals surface area contributed by atoms with E-state index in [0.717, 1.165) is 11.3 Å². The summed E-state index contributed by atoms with van der Waals surface area (Å²) in [7, 11) is 1.94. The maximum Gasteiger partial charge on any atom is 0.269 e. The maximum atomic E-state index is 10.5. The van der Waals surface area contributed by atoms with E-state index in [-0.39, 0.29) is 5.69 Å². The van der Waals surface area contributed by atoms with E-state index in [9.17, 15) is 10.1 Å². The van der Waals surface area contributed by atoms with Crippen LogP contribution in [0, 0.1) is 10.1 Å². The highest BCUT2D eigenvalue weighted by atomic mass is 16.6. The average molecular weight is 202 g/mol. The van der Waals surface area contributed by atoms with Gasteiger partial charge in [0.2, 0.25) is 0 Å². The van der Waals surface area contributed by atoms with Crippen LogP contribution in [0.25, 0.3) is 11.3 Å². The van der Waals surface area contributed by atoms with Gasteiger partial charge >= 0.3 is 0 Å². The summed E-state index contributed by atoms with van der Waals surface area (Å²) >= 11 is 0. The van der Waals surface area contributed by atoms with Crippen LogP contribution in [0.4, 0.5) is 5.69 Å². The first-order chi connectivity index (χ1) is 7.18. The first-order valence-corrected chi connectivity index (χ1v) is 4.54. The van der Waals surface area contributed by atoms with Gasteiger partial charge in [-0.25, -0.2) is 0 Å². The maximum absolute atomic E-state index is 10.5. The fraction of sp³-hybridized carbons (Fsp3) is 0.0909. The molecule has 0 fully saturated rings. The molecule has 0 aliphatic heterocycles. The standard InChI is InChI=1S/C11H10N2O2/c1-12-8-2-3-11(12)9-4-6-10(7-5-9)13(14)15/h2-8H,1H3. The van der Waals surface area contributed by atoms with Gasteiger partial charge in [0.25, 0.3) is 5.69 Å². The molecule has 1 aromatic carbocycles. The molecular formula is C11H10N2O2. The molecule has 0 N–H and O–H groups in total. The predicted molar refractivity (Wildman–Crippen MR) is 57.5 cm³/mol. The number of nitrogens with zero attached hydrogens (tertiary/aromatic N) is 2. The number of rotatable bonds is 2. The second kappa shape index (κ2) is 3.57. The Morgan fingerprint density at radius 2 is 1.87 bits per heavy atom. The molecule has 2 rings (SSSR count). The first-order valence-electron chi connectivity index (χ1n) is 4.54. The van der Waals surface area contributed by atoms with Crippen LogP contribution in [0.1, 0.15) is 0 Å². The monoisotopic (exact) mass is 202 g/mol. The largest absolute Gasteiger partial charge is 0.351 e. The zero-order valence-corrected chi connectivity index (χ0v) is 8.25. The van der Waals surface area contributed by atoms with Crippen molar-refractivity contribution in [1.82, 2.24) is 4.57 Å². The van der Waals surface area contributed by atoms with Crippen molar-refractivity contribution in [3.63, 3.8) is 0 Å². The average Bonchev–Trinajstić information content (AvgIpc) is 2.65. The molecule has 4 nitrogen and oxygen atoms in total. The highest BCUT2D eigenvalue weighted by Crippen LogP contribution is 2.21. The van der Waals surface area contributed by atoms with E-state index in [1.54, 1.807) is 12.1 Å². The minimum absolute atomic E-state index is 0.118. The van der Waals surface area contributed by atoms with Crippen molar-refractivity contribution in [2.24, 2.45) is 7.05 Å². The van der Waals surface area contributed by atoms with Gasteiger partial charge in [-0.3, -0.25) is 10.1 Å². The Morgan fingerprint density at radius 3 is 2.33 bits per heavy atom. The van der Waals surface area contributed by atoms with E-state index in [1.165, 1.54) is 12.1 Å². The highest BCUT2D eigenvalue weighted by Gasteiger charge is 2.06. The third-order valence-corrected chi connectivity index (χ3v) is 2.32. The van der Waals surface area contributed by atoms with Gasteiger partial charge < -0.3 is 4.57 Å². The van der Waals surface area contributed by atoms with Gasteiger partial charge in [0, 0.05) is 31.1 Å². The van der Waals surface area contributed by atoms with Crippen LogP contribution in [-0.4, -0.2) is 9.49 Å². The van der Waals surface area contributed by atoms with E-state index in [2.05, 4.69) is 0 Å². The summed E-state index contributed by atoms with van der Waals surface area (Å²) in [6.45, 7) is 0. The van der Waals surface area contributed by atoms with Gasteiger partial charge in [0.05, 0.1) is 4.92 Å². The molecule has 0 saturated carbocycles. The minimum Gasteiger partial charge on any atom is -0.351 e. The molecular weight excluding hydrogens is 192 g/mol. The molecule has 0 saturated heterocycles. The van der Waals surface area contributed by atoms with Crippen molar-refractivity contribution < 1.29 is 4.92 Å². The Balaban J connectivity index is 2.40. The minimum atomic E-state index is -0.394. The Bertz CT molecular complexity index is 486. The van der Waals surface area contributed by atoms with Crippen molar-refractivity contribution in [3.8, 4) is 11.3 Å². The molecule has 4 heteroatoms. The number of nitro benzene ring substituents is 1. The molecule has 0 spiro atoms. The Morgan fingerprint density at radius 1 is 1.20 bits per heavy atom. The molecule has 0 aliphatic carbocycles. The molecule has 0 atom stereocenters. The van der Waals surface area contributed by atoms with Crippen molar-refractivity contribution in [3.05, 3.63) is 52.7 Å². The van der Waals surface area contributed by atoms with Crippen LogP contribution in [0.2, 0.25) is 0 Å². The van der Waals surface area contributed by atoms with Crippen LogP contribution in [0.15, 0.2) is 42.6 Å². The van der Waals surface area contributed by atoms with Crippen LogP contribution in [0.3, 0.4) is 0 Å². The van der Waals surface area contributed by atoms with Crippen molar-refractivity contribution in [2.45, 2.75) is 0 Å². The summed E-state index contributed by atoms with van der Waals surface area (Å²) < 4.78 is 1.97. The Labute approximate surface area is 86.9 Å². The lowest BCUT2D eigenvalue weighted by Crippen LogP contribution is -1.90. The zero-order chi connectivity index (χ0) is 10.8.